The van der Waals surface area contributed by atoms with Gasteiger partial charge in [-0.05, 0) is 24.8 Å². The lowest BCUT2D eigenvalue weighted by Crippen LogP contribution is -2.60. The summed E-state index contributed by atoms with van der Waals surface area (Å²) < 4.78 is 94.2. The standard InChI is InChI=1S/C19H25F5N4O5S.ClH/c20-18(21,19(22,23)24)4-1-13-11-25-15(26-12-13)14-2-7-28(8-3-14)34(31,32)17(16(29)27-30)5-9-33-10-6-17;/h11-12,14,30H,1-10H2,(H,27,29);1H. The Hall–Kier alpha value is -1.68. The highest BCUT2D eigenvalue weighted by Gasteiger charge is 2.57. The first kappa shape index (κ1) is 29.5. The van der Waals surface area contributed by atoms with E-state index < -0.39 is 45.6 Å². The first-order chi connectivity index (χ1) is 15.8. The van der Waals surface area contributed by atoms with Crippen LogP contribution >= 0.6 is 12.4 Å². The number of carbonyl (C=O) groups is 1. The highest BCUT2D eigenvalue weighted by atomic mass is 35.5. The van der Waals surface area contributed by atoms with E-state index in [1.807, 2.05) is 0 Å². The van der Waals surface area contributed by atoms with E-state index in [0.717, 1.165) is 0 Å². The lowest BCUT2D eigenvalue weighted by atomic mass is 9.97. The first-order valence-corrected chi connectivity index (χ1v) is 12.1. The van der Waals surface area contributed by atoms with E-state index in [2.05, 4.69) is 9.97 Å². The van der Waals surface area contributed by atoms with Gasteiger partial charge in [0, 0.05) is 63.9 Å². The summed E-state index contributed by atoms with van der Waals surface area (Å²) in [6.45, 7) is 0.241. The topological polar surface area (TPSA) is 122 Å². The molecule has 0 bridgehead atoms. The van der Waals surface area contributed by atoms with E-state index in [-0.39, 0.29) is 63.0 Å². The fraction of sp³-hybridized carbons (Fsp3) is 0.737. The van der Waals surface area contributed by atoms with Crippen molar-refractivity contribution in [1.29, 1.82) is 0 Å². The number of hydroxylamine groups is 1. The average molecular weight is 553 g/mol. The summed E-state index contributed by atoms with van der Waals surface area (Å²) in [5, 5.41) is 9.11. The van der Waals surface area contributed by atoms with E-state index in [0.29, 0.717) is 18.7 Å². The Morgan fingerprint density at radius 1 is 1.14 bits per heavy atom. The number of hydrogen-bond acceptors (Lipinski definition) is 7. The van der Waals surface area contributed by atoms with Gasteiger partial charge in [-0.3, -0.25) is 10.0 Å². The van der Waals surface area contributed by atoms with Crippen LogP contribution in [0.15, 0.2) is 12.4 Å². The highest BCUT2D eigenvalue weighted by Crippen LogP contribution is 2.39. The van der Waals surface area contributed by atoms with Crippen LogP contribution in [0.4, 0.5) is 22.0 Å². The molecular formula is C19H26ClF5N4O5S. The van der Waals surface area contributed by atoms with Crippen molar-refractivity contribution in [3.8, 4) is 0 Å². The van der Waals surface area contributed by atoms with Gasteiger partial charge in [-0.1, -0.05) is 0 Å². The van der Waals surface area contributed by atoms with Crippen molar-refractivity contribution >= 4 is 28.3 Å². The zero-order valence-corrected chi connectivity index (χ0v) is 20.1. The Morgan fingerprint density at radius 3 is 2.17 bits per heavy atom. The number of halogens is 6. The molecule has 1 amide bonds. The Kier molecular flexibility index (Phi) is 9.41. The van der Waals surface area contributed by atoms with Crippen molar-refractivity contribution in [3.63, 3.8) is 0 Å². The molecule has 2 aliphatic heterocycles. The summed E-state index contributed by atoms with van der Waals surface area (Å²) in [6, 6.07) is 0. The van der Waals surface area contributed by atoms with Gasteiger partial charge in [-0.25, -0.2) is 28.2 Å². The molecule has 1 aromatic heterocycles. The van der Waals surface area contributed by atoms with Crippen LogP contribution in [-0.4, -0.2) is 77.0 Å². The molecule has 2 aliphatic rings. The van der Waals surface area contributed by atoms with E-state index >= 15 is 0 Å². The lowest BCUT2D eigenvalue weighted by molar-refractivity contribution is -0.284. The van der Waals surface area contributed by atoms with Gasteiger partial charge < -0.3 is 4.74 Å². The van der Waals surface area contributed by atoms with Gasteiger partial charge in [0.25, 0.3) is 5.91 Å². The van der Waals surface area contributed by atoms with Crippen molar-refractivity contribution in [2.75, 3.05) is 26.3 Å². The summed E-state index contributed by atoms with van der Waals surface area (Å²) >= 11 is 0. The van der Waals surface area contributed by atoms with Crippen LogP contribution < -0.4 is 5.48 Å². The number of ether oxygens (including phenoxy) is 1. The van der Waals surface area contributed by atoms with Gasteiger partial charge in [-0.15, -0.1) is 12.4 Å². The summed E-state index contributed by atoms with van der Waals surface area (Å²) in [5.74, 6) is -5.74. The maximum absolute atomic E-state index is 13.3. The molecule has 200 valence electrons. The number of rotatable bonds is 7. The smallest absolute Gasteiger partial charge is 0.381 e. The van der Waals surface area contributed by atoms with Gasteiger partial charge in [0.15, 0.2) is 4.75 Å². The van der Waals surface area contributed by atoms with E-state index in [4.69, 9.17) is 9.94 Å². The van der Waals surface area contributed by atoms with Crippen molar-refractivity contribution in [2.24, 2.45) is 0 Å². The zero-order valence-electron chi connectivity index (χ0n) is 18.4. The van der Waals surface area contributed by atoms with Gasteiger partial charge in [0.2, 0.25) is 10.0 Å². The van der Waals surface area contributed by atoms with Crippen LogP contribution in [0.5, 0.6) is 0 Å². The van der Waals surface area contributed by atoms with E-state index in [1.54, 1.807) is 0 Å². The van der Waals surface area contributed by atoms with Gasteiger partial charge >= 0.3 is 12.1 Å². The molecule has 9 nitrogen and oxygen atoms in total. The SMILES string of the molecule is Cl.O=C(NO)C1(S(=O)(=O)N2CCC(c3ncc(CCC(F)(F)C(F)(F)F)cn3)CC2)CCOCC1. The number of sulfonamides is 1. The van der Waals surface area contributed by atoms with Crippen molar-refractivity contribution < 1.29 is 45.1 Å². The minimum atomic E-state index is -5.62. The third kappa shape index (κ3) is 6.01. The molecule has 0 aromatic carbocycles. The molecule has 0 atom stereocenters. The molecule has 3 rings (SSSR count). The Labute approximate surface area is 204 Å². The number of alkyl halides is 5. The molecule has 3 heterocycles. The average Bonchev–Trinajstić information content (AvgIpc) is 2.82. The van der Waals surface area contributed by atoms with Crippen LogP contribution in [0.1, 0.15) is 49.4 Å². The molecular weight excluding hydrogens is 527 g/mol. The van der Waals surface area contributed by atoms with Crippen LogP contribution in [0, 0.1) is 0 Å². The second-order valence-corrected chi connectivity index (χ2v) is 10.6. The Balaban J connectivity index is 0.00000432. The van der Waals surface area contributed by atoms with Crippen LogP contribution in [-0.2, 0) is 26.0 Å². The number of carbonyl (C=O) groups excluding carboxylic acids is 1. The van der Waals surface area contributed by atoms with Gasteiger partial charge in [-0.2, -0.15) is 22.0 Å². The first-order valence-electron chi connectivity index (χ1n) is 10.6. The molecule has 0 radical (unpaired) electrons. The predicted octanol–water partition coefficient (Wildman–Crippen LogP) is 2.59. The molecule has 35 heavy (non-hydrogen) atoms. The summed E-state index contributed by atoms with van der Waals surface area (Å²) in [6.07, 6.45) is -4.76. The second-order valence-electron chi connectivity index (χ2n) is 8.38. The normalized spacial score (nSPS) is 20.2. The third-order valence-electron chi connectivity index (χ3n) is 6.34. The quantitative estimate of drug-likeness (QED) is 0.303. The van der Waals surface area contributed by atoms with E-state index in [9.17, 15) is 35.2 Å². The summed E-state index contributed by atoms with van der Waals surface area (Å²) in [7, 11) is -4.13. The van der Waals surface area contributed by atoms with Crippen LogP contribution in [0.3, 0.4) is 0 Å². The highest BCUT2D eigenvalue weighted by molar-refractivity contribution is 7.91. The number of nitrogens with one attached hydrogen (secondary N) is 1. The number of piperidine rings is 1. The Morgan fingerprint density at radius 2 is 1.69 bits per heavy atom. The molecule has 2 saturated heterocycles. The maximum atomic E-state index is 13.3. The fourth-order valence-electron chi connectivity index (χ4n) is 4.15. The van der Waals surface area contributed by atoms with Gasteiger partial charge in [0.05, 0.1) is 0 Å². The molecule has 2 N–H and O–H groups in total. The minimum absolute atomic E-state index is 0. The minimum Gasteiger partial charge on any atom is -0.381 e. The second kappa shape index (κ2) is 11.2. The number of nitrogens with zero attached hydrogens (tertiary/aromatic N) is 3. The third-order valence-corrected chi connectivity index (χ3v) is 8.96. The summed E-state index contributed by atoms with van der Waals surface area (Å²) in [5.41, 5.74) is 1.59. The largest absolute Gasteiger partial charge is 0.453 e. The van der Waals surface area contributed by atoms with Crippen molar-refractivity contribution in [3.05, 3.63) is 23.8 Å². The number of aryl methyl sites for hydroxylation is 1. The maximum Gasteiger partial charge on any atom is 0.453 e. The summed E-state index contributed by atoms with van der Waals surface area (Å²) in [4.78, 5) is 20.5. The van der Waals surface area contributed by atoms with Crippen LogP contribution in [0.25, 0.3) is 0 Å². The molecule has 0 spiro atoms. The molecule has 16 heteroatoms. The molecule has 0 aliphatic carbocycles. The van der Waals surface area contributed by atoms with Gasteiger partial charge in [0.1, 0.15) is 5.82 Å². The van der Waals surface area contributed by atoms with E-state index in [1.165, 1.54) is 22.2 Å². The van der Waals surface area contributed by atoms with Crippen LogP contribution in [0.2, 0.25) is 0 Å². The number of aromatic nitrogens is 2. The fourth-order valence-corrected chi connectivity index (χ4v) is 6.30. The van der Waals surface area contributed by atoms with Crippen molar-refractivity contribution in [1.82, 2.24) is 19.8 Å². The Bertz CT molecular complexity index is 967. The zero-order chi connectivity index (χ0) is 25.2. The monoisotopic (exact) mass is 552 g/mol. The molecule has 0 saturated carbocycles. The molecule has 0 unspecified atom stereocenters. The molecule has 2 fully saturated rings. The lowest BCUT2D eigenvalue weighted by Gasteiger charge is -2.40. The molecule has 1 aromatic rings. The number of hydrogen-bond donors (Lipinski definition) is 2. The predicted molar refractivity (Wildman–Crippen MR) is 114 cm³/mol. The van der Waals surface area contributed by atoms with Crippen molar-refractivity contribution in [2.45, 2.75) is 61.3 Å². The number of amides is 1.